The first-order chi connectivity index (χ1) is 11.6. The van der Waals surface area contributed by atoms with Crippen molar-refractivity contribution in [3.8, 4) is 17.0 Å². The minimum atomic E-state index is -0.307. The number of nitrogens with zero attached hydrogens (tertiary/aromatic N) is 2. The summed E-state index contributed by atoms with van der Waals surface area (Å²) in [5.74, 6) is 0.933. The van der Waals surface area contributed by atoms with E-state index in [2.05, 4.69) is 0 Å². The first-order valence-electron chi connectivity index (χ1n) is 7.59. The minimum absolute atomic E-state index is 0.307. The normalized spacial score (nSPS) is 11.3. The van der Waals surface area contributed by atoms with Gasteiger partial charge in [0, 0.05) is 17.1 Å². The number of rotatable bonds is 2. The number of ether oxygens (including phenoxy) is 1. The molecule has 120 valence electrons. The first-order valence-corrected chi connectivity index (χ1v) is 7.59. The molecule has 0 saturated heterocycles. The van der Waals surface area contributed by atoms with Gasteiger partial charge < -0.3 is 10.5 Å². The Bertz CT molecular complexity index is 1090. The molecule has 2 N–H and O–H groups in total. The monoisotopic (exact) mass is 321 g/mol. The molecule has 4 aromatic rings. The number of halogens is 1. The summed E-state index contributed by atoms with van der Waals surface area (Å²) >= 11 is 0. The Hall–Kier alpha value is -3.08. The summed E-state index contributed by atoms with van der Waals surface area (Å²) in [6, 6.07) is 12.4. The van der Waals surface area contributed by atoms with Crippen molar-refractivity contribution in [1.82, 2.24) is 9.38 Å². The van der Waals surface area contributed by atoms with Gasteiger partial charge in [0.25, 0.3) is 0 Å². The van der Waals surface area contributed by atoms with Gasteiger partial charge in [-0.25, -0.2) is 9.37 Å². The van der Waals surface area contributed by atoms with Gasteiger partial charge in [0.2, 0.25) is 0 Å². The third kappa shape index (κ3) is 2.09. The lowest BCUT2D eigenvalue weighted by Gasteiger charge is -2.05. The number of nitrogen functional groups attached to an aromatic ring is 1. The Balaban J connectivity index is 2.06. The number of hydrogen-bond acceptors (Lipinski definition) is 3. The molecule has 0 fully saturated rings. The van der Waals surface area contributed by atoms with E-state index in [-0.39, 0.29) is 5.82 Å². The van der Waals surface area contributed by atoms with Crippen molar-refractivity contribution in [1.29, 1.82) is 0 Å². The number of hydrogen-bond donors (Lipinski definition) is 1. The van der Waals surface area contributed by atoms with Crippen molar-refractivity contribution >= 4 is 22.2 Å². The van der Waals surface area contributed by atoms with Crippen LogP contribution in [0.5, 0.6) is 5.75 Å². The largest absolute Gasteiger partial charge is 0.497 e. The number of aryl methyl sites for hydroxylation is 1. The van der Waals surface area contributed by atoms with Crippen molar-refractivity contribution in [2.75, 3.05) is 12.8 Å². The molecular formula is C19H16FN3O. The van der Waals surface area contributed by atoms with Crippen molar-refractivity contribution in [3.63, 3.8) is 0 Å². The van der Waals surface area contributed by atoms with Gasteiger partial charge in [0.1, 0.15) is 28.7 Å². The third-order valence-electron chi connectivity index (χ3n) is 4.31. The Morgan fingerprint density at radius 1 is 1.12 bits per heavy atom. The predicted molar refractivity (Wildman–Crippen MR) is 93.8 cm³/mol. The van der Waals surface area contributed by atoms with Crippen LogP contribution in [0.3, 0.4) is 0 Å². The highest BCUT2D eigenvalue weighted by atomic mass is 19.1. The molecule has 2 aromatic heterocycles. The number of pyridine rings is 1. The highest BCUT2D eigenvalue weighted by molar-refractivity contribution is 5.97. The van der Waals surface area contributed by atoms with E-state index in [4.69, 9.17) is 15.5 Å². The van der Waals surface area contributed by atoms with Crippen LogP contribution in [0.25, 0.3) is 27.7 Å². The van der Waals surface area contributed by atoms with Gasteiger partial charge in [0.15, 0.2) is 0 Å². The van der Waals surface area contributed by atoms with Gasteiger partial charge in [-0.2, -0.15) is 0 Å². The van der Waals surface area contributed by atoms with E-state index in [0.29, 0.717) is 17.1 Å². The first kappa shape index (κ1) is 14.5. The number of methoxy groups -OCH3 is 1. The zero-order valence-electron chi connectivity index (χ0n) is 13.4. The fraction of sp³-hybridized carbons (Fsp3) is 0.105. The summed E-state index contributed by atoms with van der Waals surface area (Å²) in [4.78, 5) is 4.70. The van der Waals surface area contributed by atoms with Crippen LogP contribution in [0.2, 0.25) is 0 Å². The zero-order chi connectivity index (χ0) is 16.8. The van der Waals surface area contributed by atoms with Crippen LogP contribution in [-0.2, 0) is 0 Å². The van der Waals surface area contributed by atoms with E-state index < -0.39 is 0 Å². The quantitative estimate of drug-likeness (QED) is 0.602. The van der Waals surface area contributed by atoms with Gasteiger partial charge in [0.05, 0.1) is 7.11 Å². The molecule has 0 saturated carbocycles. The van der Waals surface area contributed by atoms with Crippen LogP contribution in [0, 0.1) is 12.7 Å². The van der Waals surface area contributed by atoms with E-state index in [1.807, 2.05) is 41.8 Å². The van der Waals surface area contributed by atoms with E-state index in [9.17, 15) is 4.39 Å². The molecule has 2 aromatic carbocycles. The number of benzene rings is 2. The molecule has 0 spiro atoms. The van der Waals surface area contributed by atoms with Crippen molar-refractivity contribution in [2.45, 2.75) is 6.92 Å². The molecule has 4 nitrogen and oxygen atoms in total. The number of imidazole rings is 1. The summed E-state index contributed by atoms with van der Waals surface area (Å²) in [6.45, 7) is 1.92. The highest BCUT2D eigenvalue weighted by Crippen LogP contribution is 2.33. The molecule has 5 heteroatoms. The maximum absolute atomic E-state index is 13.7. The summed E-state index contributed by atoms with van der Waals surface area (Å²) < 4.78 is 20.8. The predicted octanol–water partition coefficient (Wildman–Crippen LogP) is 4.19. The van der Waals surface area contributed by atoms with Crippen molar-refractivity contribution in [3.05, 3.63) is 60.0 Å². The van der Waals surface area contributed by atoms with Crippen molar-refractivity contribution < 1.29 is 9.13 Å². The maximum atomic E-state index is 13.7. The number of aromatic nitrogens is 2. The van der Waals surface area contributed by atoms with E-state index in [0.717, 1.165) is 27.7 Å². The van der Waals surface area contributed by atoms with Gasteiger partial charge in [-0.05, 0) is 48.2 Å². The van der Waals surface area contributed by atoms with Crippen LogP contribution in [0.15, 0.2) is 48.7 Å². The highest BCUT2D eigenvalue weighted by Gasteiger charge is 2.16. The summed E-state index contributed by atoms with van der Waals surface area (Å²) in [5, 5.41) is 1.97. The van der Waals surface area contributed by atoms with Crippen LogP contribution in [0.4, 0.5) is 10.2 Å². The fourth-order valence-corrected chi connectivity index (χ4v) is 2.99. The smallest absolute Gasteiger partial charge is 0.147 e. The number of fused-ring (bicyclic) bond motifs is 3. The molecule has 0 bridgehead atoms. The van der Waals surface area contributed by atoms with Crippen LogP contribution in [0.1, 0.15) is 5.56 Å². The average Bonchev–Trinajstić information content (AvgIpc) is 2.93. The standard InChI is InChI=1S/C19H16FN3O/c1-11-3-5-13(20)9-15(11)17-18(21)23-8-7-12-4-6-14(24-2)10-16(12)19(23)22-17/h3-10H,21H2,1-2H3. The average molecular weight is 321 g/mol. The van der Waals surface area contributed by atoms with Crippen LogP contribution < -0.4 is 10.5 Å². The van der Waals surface area contributed by atoms with Gasteiger partial charge >= 0.3 is 0 Å². The molecular weight excluding hydrogens is 305 g/mol. The number of anilines is 1. The Labute approximate surface area is 138 Å². The molecule has 0 aliphatic carbocycles. The second kappa shape index (κ2) is 5.23. The second-order valence-corrected chi connectivity index (χ2v) is 5.77. The third-order valence-corrected chi connectivity index (χ3v) is 4.31. The number of nitrogens with two attached hydrogens (primary N) is 1. The molecule has 24 heavy (non-hydrogen) atoms. The summed E-state index contributed by atoms with van der Waals surface area (Å²) in [7, 11) is 1.63. The lowest BCUT2D eigenvalue weighted by Crippen LogP contribution is -1.95. The molecule has 0 unspecified atom stereocenters. The summed E-state index contributed by atoms with van der Waals surface area (Å²) in [6.07, 6.45) is 1.88. The lowest BCUT2D eigenvalue weighted by molar-refractivity contribution is 0.415. The zero-order valence-corrected chi connectivity index (χ0v) is 13.4. The molecule has 0 amide bonds. The van der Waals surface area contributed by atoms with Gasteiger partial charge in [-0.1, -0.05) is 12.1 Å². The van der Waals surface area contributed by atoms with E-state index >= 15 is 0 Å². The van der Waals surface area contributed by atoms with Crippen LogP contribution in [-0.4, -0.2) is 16.5 Å². The Morgan fingerprint density at radius 2 is 1.96 bits per heavy atom. The molecule has 0 aliphatic heterocycles. The maximum Gasteiger partial charge on any atom is 0.147 e. The molecule has 0 atom stereocenters. The molecule has 4 rings (SSSR count). The lowest BCUT2D eigenvalue weighted by atomic mass is 10.1. The SMILES string of the molecule is COc1ccc2ccn3c(N)c(-c4cc(F)ccc4C)nc3c2c1. The molecule has 2 heterocycles. The molecule has 0 radical (unpaired) electrons. The second-order valence-electron chi connectivity index (χ2n) is 5.77. The minimum Gasteiger partial charge on any atom is -0.497 e. The van der Waals surface area contributed by atoms with Crippen LogP contribution >= 0.6 is 0 Å². The fourth-order valence-electron chi connectivity index (χ4n) is 2.99. The Kier molecular flexibility index (Phi) is 3.16. The van der Waals surface area contributed by atoms with Crippen molar-refractivity contribution in [2.24, 2.45) is 0 Å². The molecule has 0 aliphatic rings. The topological polar surface area (TPSA) is 52.5 Å². The van der Waals surface area contributed by atoms with Gasteiger partial charge in [-0.3, -0.25) is 4.40 Å². The van der Waals surface area contributed by atoms with E-state index in [1.54, 1.807) is 13.2 Å². The Morgan fingerprint density at radius 3 is 2.75 bits per heavy atom. The van der Waals surface area contributed by atoms with Gasteiger partial charge in [-0.15, -0.1) is 0 Å². The summed E-state index contributed by atoms with van der Waals surface area (Å²) in [5.41, 5.74) is 9.23. The van der Waals surface area contributed by atoms with E-state index in [1.165, 1.54) is 12.1 Å².